The van der Waals surface area contributed by atoms with Gasteiger partial charge in [0.15, 0.2) is 0 Å². The van der Waals surface area contributed by atoms with Gasteiger partial charge in [-0.2, -0.15) is 0 Å². The summed E-state index contributed by atoms with van der Waals surface area (Å²) in [6, 6.07) is 8.01. The largest absolute Gasteiger partial charge is 0.339 e. The second-order valence-corrected chi connectivity index (χ2v) is 7.56. The molecule has 3 heteroatoms. The van der Waals surface area contributed by atoms with E-state index in [-0.39, 0.29) is 11.3 Å². The maximum Gasteiger partial charge on any atom is 0.254 e. The molecule has 1 saturated heterocycles. The molecule has 1 aliphatic rings. The highest BCUT2D eigenvalue weighted by atomic mass is 79.9. The fraction of sp³-hybridized carbons (Fsp3) is 0.562. The molecule has 0 bridgehead atoms. The Kier molecular flexibility index (Phi) is 4.34. The summed E-state index contributed by atoms with van der Waals surface area (Å²) in [5.74, 6) is 0.185. The first-order valence-corrected chi connectivity index (χ1v) is 7.84. The van der Waals surface area contributed by atoms with E-state index in [4.69, 9.17) is 0 Å². The van der Waals surface area contributed by atoms with E-state index in [0.29, 0.717) is 4.83 Å². The second kappa shape index (κ2) is 5.66. The molecular formula is C16H22BrNO. The molecule has 0 aliphatic carbocycles. The van der Waals surface area contributed by atoms with Crippen molar-refractivity contribution < 1.29 is 4.79 Å². The summed E-state index contributed by atoms with van der Waals surface area (Å²) >= 11 is 3.63. The van der Waals surface area contributed by atoms with Gasteiger partial charge in [0.2, 0.25) is 0 Å². The van der Waals surface area contributed by atoms with Gasteiger partial charge in [-0.05, 0) is 29.9 Å². The summed E-state index contributed by atoms with van der Waals surface area (Å²) in [5.41, 5.74) is 2.00. The second-order valence-electron chi connectivity index (χ2n) is 6.26. The maximum atomic E-state index is 12.7. The van der Waals surface area contributed by atoms with Crippen molar-refractivity contribution in [3.8, 4) is 0 Å². The van der Waals surface area contributed by atoms with E-state index in [1.54, 1.807) is 0 Å². The lowest BCUT2D eigenvalue weighted by molar-refractivity contribution is 0.0726. The molecule has 2 nitrogen and oxygen atoms in total. The van der Waals surface area contributed by atoms with Crippen LogP contribution in [0.5, 0.6) is 0 Å². The number of piperidine rings is 1. The molecule has 0 atom stereocenters. The summed E-state index contributed by atoms with van der Waals surface area (Å²) in [6.45, 7) is 8.18. The molecule has 1 aliphatic heterocycles. The lowest BCUT2D eigenvalue weighted by atomic mass is 9.83. The van der Waals surface area contributed by atoms with E-state index in [0.717, 1.165) is 37.1 Å². The minimum atomic E-state index is -0.00000154. The van der Waals surface area contributed by atoms with Crippen LogP contribution in [0.3, 0.4) is 0 Å². The molecule has 0 unspecified atom stereocenters. The first kappa shape index (κ1) is 14.6. The first-order valence-electron chi connectivity index (χ1n) is 6.92. The number of alkyl halides is 1. The van der Waals surface area contributed by atoms with Gasteiger partial charge < -0.3 is 4.90 Å². The van der Waals surface area contributed by atoms with Crippen LogP contribution in [0.2, 0.25) is 0 Å². The number of halogens is 1. The van der Waals surface area contributed by atoms with Crippen molar-refractivity contribution in [2.75, 3.05) is 13.1 Å². The molecule has 1 amide bonds. The predicted molar refractivity (Wildman–Crippen MR) is 83.0 cm³/mol. The van der Waals surface area contributed by atoms with Crippen LogP contribution in [0.1, 0.15) is 49.5 Å². The van der Waals surface area contributed by atoms with Crippen molar-refractivity contribution in [2.45, 2.75) is 43.9 Å². The van der Waals surface area contributed by atoms with Crippen molar-refractivity contribution in [3.05, 3.63) is 35.4 Å². The number of likely N-dealkylation sites (tertiary alicyclic amines) is 1. The molecule has 0 N–H and O–H groups in total. The molecule has 0 spiro atoms. The molecule has 1 heterocycles. The zero-order valence-electron chi connectivity index (χ0n) is 11.9. The van der Waals surface area contributed by atoms with Crippen LogP contribution in [0, 0.1) is 0 Å². The number of hydrogen-bond acceptors (Lipinski definition) is 1. The molecule has 1 fully saturated rings. The van der Waals surface area contributed by atoms with Gasteiger partial charge in [0.25, 0.3) is 5.91 Å². The highest BCUT2D eigenvalue weighted by Crippen LogP contribution is 2.27. The van der Waals surface area contributed by atoms with Gasteiger partial charge in [-0.1, -0.05) is 54.9 Å². The summed E-state index contributed by atoms with van der Waals surface area (Å²) in [6.07, 6.45) is 2.09. The van der Waals surface area contributed by atoms with E-state index in [2.05, 4.69) is 42.8 Å². The van der Waals surface area contributed by atoms with Crippen LogP contribution < -0.4 is 0 Å². The highest BCUT2D eigenvalue weighted by molar-refractivity contribution is 9.09. The zero-order chi connectivity index (χ0) is 14.0. The fourth-order valence-corrected chi connectivity index (χ4v) is 2.95. The number of hydrogen-bond donors (Lipinski definition) is 0. The summed E-state index contributed by atoms with van der Waals surface area (Å²) in [7, 11) is 0. The topological polar surface area (TPSA) is 20.3 Å². The molecular weight excluding hydrogens is 302 g/mol. The lowest BCUT2D eigenvalue weighted by Crippen LogP contribution is -2.39. The number of benzene rings is 1. The van der Waals surface area contributed by atoms with Crippen molar-refractivity contribution in [1.29, 1.82) is 0 Å². The van der Waals surface area contributed by atoms with Crippen LogP contribution in [0.4, 0.5) is 0 Å². The van der Waals surface area contributed by atoms with E-state index in [1.807, 2.05) is 23.1 Å². The van der Waals surface area contributed by atoms with Crippen molar-refractivity contribution in [1.82, 2.24) is 4.90 Å². The standard InChI is InChI=1S/C16H22BrNO/c1-16(2,3)14-7-5-4-6-13(14)15(19)18-10-8-12(17)9-11-18/h4-7,12H,8-11H2,1-3H3. The van der Waals surface area contributed by atoms with Crippen molar-refractivity contribution in [3.63, 3.8) is 0 Å². The number of rotatable bonds is 1. The molecule has 0 aromatic heterocycles. The van der Waals surface area contributed by atoms with Crippen LogP contribution in [0.15, 0.2) is 24.3 Å². The van der Waals surface area contributed by atoms with Gasteiger partial charge in [-0.3, -0.25) is 4.79 Å². The Morgan fingerprint density at radius 2 is 1.79 bits per heavy atom. The average molecular weight is 324 g/mol. The molecule has 0 saturated carbocycles. The van der Waals surface area contributed by atoms with Gasteiger partial charge >= 0.3 is 0 Å². The van der Waals surface area contributed by atoms with Gasteiger partial charge in [0.1, 0.15) is 0 Å². The monoisotopic (exact) mass is 323 g/mol. The molecule has 1 aromatic rings. The van der Waals surface area contributed by atoms with Gasteiger partial charge in [0.05, 0.1) is 0 Å². The van der Waals surface area contributed by atoms with Crippen LogP contribution in [-0.2, 0) is 5.41 Å². The Morgan fingerprint density at radius 3 is 2.37 bits per heavy atom. The molecule has 0 radical (unpaired) electrons. The maximum absolute atomic E-state index is 12.7. The number of nitrogens with zero attached hydrogens (tertiary/aromatic N) is 1. The smallest absolute Gasteiger partial charge is 0.254 e. The first-order chi connectivity index (χ1) is 8.89. The Morgan fingerprint density at radius 1 is 1.21 bits per heavy atom. The van der Waals surface area contributed by atoms with Gasteiger partial charge in [0, 0.05) is 23.5 Å². The minimum absolute atomic E-state index is 0.00000154. The van der Waals surface area contributed by atoms with Crippen LogP contribution in [0.25, 0.3) is 0 Å². The van der Waals surface area contributed by atoms with Gasteiger partial charge in [-0.15, -0.1) is 0 Å². The number of carbonyl (C=O) groups excluding carboxylic acids is 1. The Bertz CT molecular complexity index is 456. The SMILES string of the molecule is CC(C)(C)c1ccccc1C(=O)N1CCC(Br)CC1. The van der Waals surface area contributed by atoms with Crippen LogP contribution in [-0.4, -0.2) is 28.7 Å². The van der Waals surface area contributed by atoms with Crippen LogP contribution >= 0.6 is 15.9 Å². The Hall–Kier alpha value is -0.830. The fourth-order valence-electron chi connectivity index (χ4n) is 2.55. The lowest BCUT2D eigenvalue weighted by Gasteiger charge is -2.31. The third-order valence-corrected chi connectivity index (χ3v) is 4.59. The third-order valence-electron chi connectivity index (χ3n) is 3.68. The quantitative estimate of drug-likeness (QED) is 0.716. The summed E-state index contributed by atoms with van der Waals surface area (Å²) < 4.78 is 0. The van der Waals surface area contributed by atoms with Crippen molar-refractivity contribution in [2.24, 2.45) is 0 Å². The van der Waals surface area contributed by atoms with E-state index in [1.165, 1.54) is 0 Å². The summed E-state index contributed by atoms with van der Waals surface area (Å²) in [4.78, 5) is 15.2. The molecule has 1 aromatic carbocycles. The highest BCUT2D eigenvalue weighted by Gasteiger charge is 2.26. The number of carbonyl (C=O) groups is 1. The van der Waals surface area contributed by atoms with E-state index in [9.17, 15) is 4.79 Å². The predicted octanol–water partition coefficient (Wildman–Crippen LogP) is 3.98. The average Bonchev–Trinajstić information content (AvgIpc) is 2.38. The Balaban J connectivity index is 2.24. The van der Waals surface area contributed by atoms with Gasteiger partial charge in [-0.25, -0.2) is 0 Å². The minimum Gasteiger partial charge on any atom is -0.339 e. The normalized spacial score (nSPS) is 17.6. The third kappa shape index (κ3) is 3.38. The van der Waals surface area contributed by atoms with E-state index >= 15 is 0 Å². The Labute approximate surface area is 124 Å². The zero-order valence-corrected chi connectivity index (χ0v) is 13.5. The number of amides is 1. The summed E-state index contributed by atoms with van der Waals surface area (Å²) in [5, 5.41) is 0. The molecule has 2 rings (SSSR count). The van der Waals surface area contributed by atoms with E-state index < -0.39 is 0 Å². The molecule has 104 valence electrons. The molecule has 19 heavy (non-hydrogen) atoms. The van der Waals surface area contributed by atoms with Crippen molar-refractivity contribution >= 4 is 21.8 Å².